The van der Waals surface area contributed by atoms with Crippen LogP contribution in [-0.2, 0) is 4.79 Å². The average Bonchev–Trinajstić information content (AvgIpc) is 2.83. The van der Waals surface area contributed by atoms with Crippen molar-refractivity contribution in [2.75, 3.05) is 6.54 Å². The van der Waals surface area contributed by atoms with E-state index in [4.69, 9.17) is 0 Å². The molecule has 1 N–H and O–H groups in total. The maximum atomic E-state index is 11.3. The van der Waals surface area contributed by atoms with E-state index in [9.17, 15) is 4.79 Å². The minimum Gasteiger partial charge on any atom is -0.355 e. The van der Waals surface area contributed by atoms with Crippen molar-refractivity contribution in [2.45, 2.75) is 37.9 Å². The van der Waals surface area contributed by atoms with Crippen LogP contribution in [0.25, 0.3) is 0 Å². The molecule has 0 bridgehead atoms. The molecular formula is C10H18BrNO. The number of rotatable bonds is 5. The standard InChI is InChI=1S/C10H18BrNO/c1-7(2)9(11)6-12-10(13)5-8-3-4-8/h7-9H,3-6H2,1-2H3,(H,12,13). The molecule has 1 fully saturated rings. The molecule has 0 aromatic carbocycles. The average molecular weight is 248 g/mol. The van der Waals surface area contributed by atoms with Crippen LogP contribution >= 0.6 is 15.9 Å². The van der Waals surface area contributed by atoms with Gasteiger partial charge in [-0.15, -0.1) is 0 Å². The molecule has 3 heteroatoms. The summed E-state index contributed by atoms with van der Waals surface area (Å²) in [5, 5.41) is 2.95. The molecule has 76 valence electrons. The number of carbonyl (C=O) groups excluding carboxylic acids is 1. The lowest BCUT2D eigenvalue weighted by atomic mass is 10.1. The van der Waals surface area contributed by atoms with Crippen molar-refractivity contribution in [2.24, 2.45) is 11.8 Å². The van der Waals surface area contributed by atoms with E-state index >= 15 is 0 Å². The third-order valence-electron chi connectivity index (χ3n) is 2.39. The largest absolute Gasteiger partial charge is 0.355 e. The summed E-state index contributed by atoms with van der Waals surface area (Å²) in [4.78, 5) is 11.7. The van der Waals surface area contributed by atoms with Crippen LogP contribution in [0.3, 0.4) is 0 Å². The fraction of sp³-hybridized carbons (Fsp3) is 0.900. The van der Waals surface area contributed by atoms with E-state index in [1.807, 2.05) is 0 Å². The third-order valence-corrected chi connectivity index (χ3v) is 3.77. The van der Waals surface area contributed by atoms with Gasteiger partial charge in [-0.05, 0) is 24.7 Å². The lowest BCUT2D eigenvalue weighted by Crippen LogP contribution is -2.31. The quantitative estimate of drug-likeness (QED) is 0.743. The Morgan fingerprint density at radius 1 is 1.54 bits per heavy atom. The smallest absolute Gasteiger partial charge is 0.220 e. The number of hydrogen-bond donors (Lipinski definition) is 1. The van der Waals surface area contributed by atoms with Gasteiger partial charge in [0.25, 0.3) is 0 Å². The van der Waals surface area contributed by atoms with Crippen molar-refractivity contribution in [1.29, 1.82) is 0 Å². The highest BCUT2D eigenvalue weighted by Crippen LogP contribution is 2.32. The van der Waals surface area contributed by atoms with E-state index < -0.39 is 0 Å². The highest BCUT2D eigenvalue weighted by atomic mass is 79.9. The second-order valence-electron chi connectivity index (χ2n) is 4.21. The van der Waals surface area contributed by atoms with Gasteiger partial charge < -0.3 is 5.32 Å². The van der Waals surface area contributed by atoms with Crippen LogP contribution in [0.1, 0.15) is 33.1 Å². The summed E-state index contributed by atoms with van der Waals surface area (Å²) in [6.07, 6.45) is 3.22. The Bertz CT molecular complexity index is 178. The van der Waals surface area contributed by atoms with Gasteiger partial charge in [-0.25, -0.2) is 0 Å². The van der Waals surface area contributed by atoms with Crippen LogP contribution in [0.2, 0.25) is 0 Å². The fourth-order valence-corrected chi connectivity index (χ4v) is 1.27. The molecular weight excluding hydrogens is 230 g/mol. The van der Waals surface area contributed by atoms with Gasteiger partial charge in [-0.2, -0.15) is 0 Å². The highest BCUT2D eigenvalue weighted by molar-refractivity contribution is 9.09. The van der Waals surface area contributed by atoms with Gasteiger partial charge >= 0.3 is 0 Å². The first-order valence-corrected chi connectivity index (χ1v) is 5.92. The van der Waals surface area contributed by atoms with Crippen molar-refractivity contribution in [3.63, 3.8) is 0 Å². The number of carbonyl (C=O) groups is 1. The first-order valence-electron chi connectivity index (χ1n) is 5.00. The van der Waals surface area contributed by atoms with E-state index in [2.05, 4.69) is 35.1 Å². The van der Waals surface area contributed by atoms with E-state index in [-0.39, 0.29) is 5.91 Å². The van der Waals surface area contributed by atoms with Crippen LogP contribution in [0.15, 0.2) is 0 Å². The predicted octanol–water partition coefficient (Wildman–Crippen LogP) is 2.32. The van der Waals surface area contributed by atoms with Gasteiger partial charge in [-0.3, -0.25) is 4.79 Å². The molecule has 2 nitrogen and oxygen atoms in total. The van der Waals surface area contributed by atoms with Crippen molar-refractivity contribution in [1.82, 2.24) is 5.32 Å². The van der Waals surface area contributed by atoms with E-state index in [1.54, 1.807) is 0 Å². The maximum absolute atomic E-state index is 11.3. The zero-order valence-electron chi connectivity index (χ0n) is 8.35. The Morgan fingerprint density at radius 3 is 2.62 bits per heavy atom. The van der Waals surface area contributed by atoms with Gasteiger partial charge in [0.05, 0.1) is 0 Å². The lowest BCUT2D eigenvalue weighted by molar-refractivity contribution is -0.121. The number of hydrogen-bond acceptors (Lipinski definition) is 1. The normalized spacial score (nSPS) is 18.8. The summed E-state index contributed by atoms with van der Waals surface area (Å²) in [6.45, 7) is 5.04. The van der Waals surface area contributed by atoms with Crippen LogP contribution in [-0.4, -0.2) is 17.3 Å². The van der Waals surface area contributed by atoms with Crippen LogP contribution < -0.4 is 5.32 Å². The minimum atomic E-state index is 0.215. The summed E-state index contributed by atoms with van der Waals surface area (Å²) in [5.74, 6) is 1.47. The van der Waals surface area contributed by atoms with Gasteiger partial charge in [0.1, 0.15) is 0 Å². The molecule has 0 aromatic rings. The third kappa shape index (κ3) is 4.65. The maximum Gasteiger partial charge on any atom is 0.220 e. The van der Waals surface area contributed by atoms with Crippen molar-refractivity contribution < 1.29 is 4.79 Å². The van der Waals surface area contributed by atoms with Crippen LogP contribution in [0.4, 0.5) is 0 Å². The number of nitrogens with one attached hydrogen (secondary N) is 1. The first kappa shape index (κ1) is 11.0. The number of halogens is 1. The Morgan fingerprint density at radius 2 is 2.15 bits per heavy atom. The van der Waals surface area contributed by atoms with Crippen molar-refractivity contribution in [3.8, 4) is 0 Å². The molecule has 0 saturated heterocycles. The first-order chi connectivity index (χ1) is 6.09. The molecule has 1 aliphatic rings. The lowest BCUT2D eigenvalue weighted by Gasteiger charge is -2.14. The predicted molar refractivity (Wildman–Crippen MR) is 57.9 cm³/mol. The summed E-state index contributed by atoms with van der Waals surface area (Å²) >= 11 is 3.54. The second kappa shape index (κ2) is 4.99. The summed E-state index contributed by atoms with van der Waals surface area (Å²) in [6, 6.07) is 0. The Kier molecular flexibility index (Phi) is 4.23. The summed E-state index contributed by atoms with van der Waals surface area (Å²) in [7, 11) is 0. The molecule has 0 aliphatic heterocycles. The molecule has 1 aliphatic carbocycles. The van der Waals surface area contributed by atoms with Gasteiger partial charge in [0, 0.05) is 17.8 Å². The van der Waals surface area contributed by atoms with E-state index in [0.29, 0.717) is 16.7 Å². The molecule has 0 aromatic heterocycles. The van der Waals surface area contributed by atoms with Gasteiger partial charge in [-0.1, -0.05) is 29.8 Å². The van der Waals surface area contributed by atoms with Crippen LogP contribution in [0, 0.1) is 11.8 Å². The molecule has 1 saturated carbocycles. The second-order valence-corrected chi connectivity index (χ2v) is 5.39. The van der Waals surface area contributed by atoms with E-state index in [1.165, 1.54) is 12.8 Å². The van der Waals surface area contributed by atoms with E-state index in [0.717, 1.165) is 13.0 Å². The molecule has 1 atom stereocenters. The minimum absolute atomic E-state index is 0.215. The van der Waals surface area contributed by atoms with Gasteiger partial charge in [0.15, 0.2) is 0 Å². The molecule has 0 heterocycles. The zero-order valence-corrected chi connectivity index (χ0v) is 9.93. The fourth-order valence-electron chi connectivity index (χ4n) is 1.10. The monoisotopic (exact) mass is 247 g/mol. The van der Waals surface area contributed by atoms with Crippen molar-refractivity contribution in [3.05, 3.63) is 0 Å². The Labute approximate surface area is 88.6 Å². The zero-order chi connectivity index (χ0) is 9.84. The SMILES string of the molecule is CC(C)C(Br)CNC(=O)CC1CC1. The Hall–Kier alpha value is -0.0500. The molecule has 13 heavy (non-hydrogen) atoms. The summed E-state index contributed by atoms with van der Waals surface area (Å²) in [5.41, 5.74) is 0. The molecule has 1 rings (SSSR count). The van der Waals surface area contributed by atoms with Crippen LogP contribution in [0.5, 0.6) is 0 Å². The number of alkyl halides is 1. The molecule has 1 unspecified atom stereocenters. The highest BCUT2D eigenvalue weighted by Gasteiger charge is 2.24. The molecule has 0 radical (unpaired) electrons. The molecule has 1 amide bonds. The number of amides is 1. The topological polar surface area (TPSA) is 29.1 Å². The molecule has 0 spiro atoms. The summed E-state index contributed by atoms with van der Waals surface area (Å²) < 4.78 is 0. The Balaban J connectivity index is 2.06. The van der Waals surface area contributed by atoms with Gasteiger partial charge in [0.2, 0.25) is 5.91 Å². The van der Waals surface area contributed by atoms with Crippen molar-refractivity contribution >= 4 is 21.8 Å².